The van der Waals surface area contributed by atoms with Crippen molar-refractivity contribution < 1.29 is 40.6 Å². The molecular weight excluding hydrogens is 523 g/mol. The summed E-state index contributed by atoms with van der Waals surface area (Å²) in [6.45, 7) is 8.61. The van der Waals surface area contributed by atoms with Gasteiger partial charge in [-0.25, -0.2) is 8.42 Å². The van der Waals surface area contributed by atoms with Crippen molar-refractivity contribution >= 4 is 33.3 Å². The first kappa shape index (κ1) is 27.9. The molecule has 0 fully saturated rings. The van der Waals surface area contributed by atoms with E-state index < -0.39 is 44.2 Å². The molecule has 1 unspecified atom stereocenters. The van der Waals surface area contributed by atoms with Crippen LogP contribution in [0.25, 0.3) is 0 Å². The Morgan fingerprint density at radius 1 is 1.19 bits per heavy atom. The quantitative estimate of drug-likeness (QED) is 0.272. The molecule has 36 heavy (non-hydrogen) atoms. The predicted molar refractivity (Wildman–Crippen MR) is 130 cm³/mol. The monoisotopic (exact) mass is 549 g/mol. The SMILES string of the molecule is CC(=O)Oc1c(C)c(C)c2c(c1C)CCC(C)(COc1ccc(NS(=O)(=O)CCl)c(C(F)(F)F)c1)O2. The molecule has 1 atom stereocenters. The fourth-order valence-corrected chi connectivity index (χ4v) is 4.78. The van der Waals surface area contributed by atoms with Crippen molar-refractivity contribution in [3.05, 3.63) is 46.0 Å². The first-order chi connectivity index (χ1) is 16.6. The molecular formula is C24H27ClF3NO6S. The summed E-state index contributed by atoms with van der Waals surface area (Å²) < 4.78 is 83.4. The molecule has 0 bridgehead atoms. The number of carbonyl (C=O) groups excluding carboxylic acids is 1. The smallest absolute Gasteiger partial charge is 0.418 e. The maximum Gasteiger partial charge on any atom is 0.418 e. The zero-order chi connectivity index (χ0) is 27.1. The molecule has 3 rings (SSSR count). The average molecular weight is 550 g/mol. The Labute approximate surface area is 212 Å². The number of halogens is 4. The summed E-state index contributed by atoms with van der Waals surface area (Å²) >= 11 is 5.30. The summed E-state index contributed by atoms with van der Waals surface area (Å²) in [6, 6.07) is 2.96. The number of hydrogen-bond donors (Lipinski definition) is 1. The predicted octanol–water partition coefficient (Wildman–Crippen LogP) is 5.66. The number of benzene rings is 2. The first-order valence-electron chi connectivity index (χ1n) is 11.0. The van der Waals surface area contributed by atoms with Gasteiger partial charge in [0.05, 0.1) is 11.3 Å². The lowest BCUT2D eigenvalue weighted by Gasteiger charge is -2.37. The summed E-state index contributed by atoms with van der Waals surface area (Å²) in [5, 5.41) is -0.888. The number of anilines is 1. The number of esters is 1. The van der Waals surface area contributed by atoms with E-state index in [-0.39, 0.29) is 12.4 Å². The largest absolute Gasteiger partial charge is 0.489 e. The summed E-state index contributed by atoms with van der Waals surface area (Å²) in [5.74, 6) is 0.628. The van der Waals surface area contributed by atoms with Crippen LogP contribution < -0.4 is 18.9 Å². The third kappa shape index (κ3) is 6.00. The van der Waals surface area contributed by atoms with E-state index in [4.69, 9.17) is 25.8 Å². The van der Waals surface area contributed by atoms with Crippen LogP contribution in [0.5, 0.6) is 17.2 Å². The van der Waals surface area contributed by atoms with Crippen LogP contribution in [0.3, 0.4) is 0 Å². The Bertz CT molecular complexity index is 1300. The number of nitrogens with one attached hydrogen (secondary N) is 1. The highest BCUT2D eigenvalue weighted by Crippen LogP contribution is 2.44. The number of fused-ring (bicyclic) bond motifs is 1. The van der Waals surface area contributed by atoms with E-state index in [0.29, 0.717) is 24.3 Å². The zero-order valence-corrected chi connectivity index (χ0v) is 22.0. The molecule has 1 aliphatic heterocycles. The zero-order valence-electron chi connectivity index (χ0n) is 20.4. The molecule has 0 amide bonds. The van der Waals surface area contributed by atoms with E-state index in [0.717, 1.165) is 34.4 Å². The number of alkyl halides is 4. The van der Waals surface area contributed by atoms with Crippen LogP contribution in [0, 0.1) is 20.8 Å². The Morgan fingerprint density at radius 2 is 1.86 bits per heavy atom. The van der Waals surface area contributed by atoms with Crippen molar-refractivity contribution in [1.82, 2.24) is 0 Å². The third-order valence-corrected chi connectivity index (χ3v) is 7.74. The van der Waals surface area contributed by atoms with Gasteiger partial charge in [-0.2, -0.15) is 13.2 Å². The van der Waals surface area contributed by atoms with Crippen molar-refractivity contribution in [1.29, 1.82) is 0 Å². The van der Waals surface area contributed by atoms with Gasteiger partial charge >= 0.3 is 12.1 Å². The number of carbonyl (C=O) groups is 1. The minimum Gasteiger partial charge on any atom is -0.489 e. The summed E-state index contributed by atoms with van der Waals surface area (Å²) in [6.07, 6.45) is -3.74. The summed E-state index contributed by atoms with van der Waals surface area (Å²) in [7, 11) is -4.13. The lowest BCUT2D eigenvalue weighted by molar-refractivity contribution is -0.137. The Morgan fingerprint density at radius 3 is 2.44 bits per heavy atom. The molecule has 2 aromatic rings. The van der Waals surface area contributed by atoms with Crippen LogP contribution in [0.2, 0.25) is 0 Å². The normalized spacial score (nSPS) is 17.7. The molecule has 198 valence electrons. The van der Waals surface area contributed by atoms with Crippen molar-refractivity contribution in [2.75, 3.05) is 16.5 Å². The van der Waals surface area contributed by atoms with Crippen molar-refractivity contribution in [3.8, 4) is 17.2 Å². The van der Waals surface area contributed by atoms with Gasteiger partial charge in [0.25, 0.3) is 0 Å². The minimum absolute atomic E-state index is 0.0558. The van der Waals surface area contributed by atoms with Crippen LogP contribution in [-0.4, -0.2) is 31.8 Å². The van der Waals surface area contributed by atoms with E-state index in [2.05, 4.69) is 0 Å². The number of ether oxygens (including phenoxy) is 3. The van der Waals surface area contributed by atoms with Gasteiger partial charge in [-0.05, 0) is 75.4 Å². The minimum atomic E-state index is -4.83. The third-order valence-electron chi connectivity index (χ3n) is 6.06. The van der Waals surface area contributed by atoms with Crippen molar-refractivity contribution in [3.63, 3.8) is 0 Å². The Kier molecular flexibility index (Phi) is 7.76. The average Bonchev–Trinajstić information content (AvgIpc) is 2.78. The van der Waals surface area contributed by atoms with Crippen LogP contribution in [0.1, 0.15) is 48.1 Å². The Balaban J connectivity index is 1.85. The molecule has 1 N–H and O–H groups in total. The maximum absolute atomic E-state index is 13.6. The lowest BCUT2D eigenvalue weighted by atomic mass is 9.87. The van der Waals surface area contributed by atoms with Gasteiger partial charge in [0.15, 0.2) is 0 Å². The second-order valence-corrected chi connectivity index (χ2v) is 11.3. The van der Waals surface area contributed by atoms with Gasteiger partial charge in [-0.15, -0.1) is 11.6 Å². The van der Waals surface area contributed by atoms with Crippen molar-refractivity contribution in [2.24, 2.45) is 0 Å². The molecule has 1 heterocycles. The fraction of sp³-hybridized carbons (Fsp3) is 0.458. The highest BCUT2D eigenvalue weighted by atomic mass is 35.5. The van der Waals surface area contributed by atoms with Crippen molar-refractivity contribution in [2.45, 2.75) is 59.2 Å². The number of rotatable bonds is 7. The molecule has 0 saturated heterocycles. The van der Waals surface area contributed by atoms with Crippen LogP contribution in [-0.2, 0) is 27.4 Å². The van der Waals surface area contributed by atoms with Crippen LogP contribution >= 0.6 is 11.6 Å². The fourth-order valence-electron chi connectivity index (χ4n) is 4.05. The van der Waals surface area contributed by atoms with E-state index in [9.17, 15) is 26.4 Å². The molecule has 7 nitrogen and oxygen atoms in total. The molecule has 1 aliphatic rings. The second kappa shape index (κ2) is 10.0. The highest BCUT2D eigenvalue weighted by molar-refractivity contribution is 7.93. The number of sulfonamides is 1. The van der Waals surface area contributed by atoms with E-state index in [1.165, 1.54) is 13.0 Å². The first-order valence-corrected chi connectivity index (χ1v) is 13.2. The molecule has 0 aliphatic carbocycles. The molecule has 2 aromatic carbocycles. The summed E-state index contributed by atoms with van der Waals surface area (Å²) in [5.41, 5.74) is 0.572. The maximum atomic E-state index is 13.6. The molecule has 0 aromatic heterocycles. The van der Waals surface area contributed by atoms with Gasteiger partial charge in [0.2, 0.25) is 10.0 Å². The molecule has 0 radical (unpaired) electrons. The van der Waals surface area contributed by atoms with Crippen LogP contribution in [0.4, 0.5) is 18.9 Å². The van der Waals surface area contributed by atoms with E-state index >= 15 is 0 Å². The highest BCUT2D eigenvalue weighted by Gasteiger charge is 2.37. The van der Waals surface area contributed by atoms with Gasteiger partial charge in [0.1, 0.15) is 34.7 Å². The van der Waals surface area contributed by atoms with E-state index in [1.807, 2.05) is 25.5 Å². The van der Waals surface area contributed by atoms with Gasteiger partial charge in [0, 0.05) is 12.5 Å². The standard InChI is InChI=1S/C24H27ClF3NO6S/c1-13-14(2)22-18(15(3)21(13)34-16(4)30)8-9-23(5,35-22)11-33-17-6-7-20(29-36(31,32)12-25)19(10-17)24(26,27)28/h6-7,10,29H,8-9,11-12H2,1-5H3. The van der Waals surface area contributed by atoms with Crippen LogP contribution in [0.15, 0.2) is 18.2 Å². The molecule has 12 heteroatoms. The topological polar surface area (TPSA) is 90.9 Å². The van der Waals surface area contributed by atoms with Gasteiger partial charge < -0.3 is 14.2 Å². The van der Waals surface area contributed by atoms with Gasteiger partial charge in [-0.1, -0.05) is 0 Å². The second-order valence-electron chi connectivity index (χ2n) is 8.98. The van der Waals surface area contributed by atoms with Gasteiger partial charge in [-0.3, -0.25) is 9.52 Å². The lowest BCUT2D eigenvalue weighted by Crippen LogP contribution is -2.42. The molecule has 0 spiro atoms. The van der Waals surface area contributed by atoms with E-state index in [1.54, 1.807) is 6.92 Å². The Hall–Kier alpha value is -2.66. The number of hydrogen-bond acceptors (Lipinski definition) is 6. The summed E-state index contributed by atoms with van der Waals surface area (Å²) in [4.78, 5) is 11.5. The molecule has 0 saturated carbocycles.